The van der Waals surface area contributed by atoms with Crippen molar-refractivity contribution in [3.8, 4) is 11.3 Å². The van der Waals surface area contributed by atoms with Gasteiger partial charge in [0.2, 0.25) is 11.8 Å². The van der Waals surface area contributed by atoms with E-state index >= 15 is 0 Å². The van der Waals surface area contributed by atoms with Gasteiger partial charge >= 0.3 is 0 Å². The van der Waals surface area contributed by atoms with Crippen molar-refractivity contribution in [3.63, 3.8) is 0 Å². The first-order valence-corrected chi connectivity index (χ1v) is 9.59. The van der Waals surface area contributed by atoms with Crippen molar-refractivity contribution in [3.05, 3.63) is 71.9 Å². The maximum atomic E-state index is 12.5. The highest BCUT2D eigenvalue weighted by Gasteiger charge is 2.35. The van der Waals surface area contributed by atoms with Crippen LogP contribution in [-0.2, 0) is 9.59 Å². The summed E-state index contributed by atoms with van der Waals surface area (Å²) in [5, 5.41) is 6.78. The number of rotatable bonds is 4. The quantitative estimate of drug-likeness (QED) is 0.581. The molecule has 1 aromatic heterocycles. The summed E-state index contributed by atoms with van der Waals surface area (Å²) in [5.74, 6) is -1.58. The third kappa shape index (κ3) is 4.07. The molecular formula is C22H21N5O3. The maximum absolute atomic E-state index is 12.5. The molecule has 0 saturated carbocycles. The highest BCUT2D eigenvalue weighted by molar-refractivity contribution is 6.01. The number of aromatic nitrogens is 2. The highest BCUT2D eigenvalue weighted by atomic mass is 16.2. The van der Waals surface area contributed by atoms with Gasteiger partial charge in [0, 0.05) is 24.2 Å². The molecule has 1 saturated heterocycles. The van der Waals surface area contributed by atoms with Crippen LogP contribution in [0.25, 0.3) is 11.3 Å². The van der Waals surface area contributed by atoms with Crippen LogP contribution in [-0.4, -0.2) is 34.5 Å². The second-order valence-corrected chi connectivity index (χ2v) is 7.22. The zero-order valence-corrected chi connectivity index (χ0v) is 16.4. The number of hydrazine groups is 1. The molecule has 3 amide bonds. The van der Waals surface area contributed by atoms with E-state index in [4.69, 9.17) is 0 Å². The molecule has 3 aromatic rings. The number of benzene rings is 2. The number of aryl methyl sites for hydroxylation is 1. The van der Waals surface area contributed by atoms with Gasteiger partial charge in [-0.15, -0.1) is 0 Å². The average Bonchev–Trinajstić information content (AvgIpc) is 3.40. The SMILES string of the molecule is Cc1ccc(N2CC(C(=O)NNC(=O)c3cc(-c4ccccc4)n[nH]3)CC2=O)cc1. The molecule has 1 aliphatic rings. The highest BCUT2D eigenvalue weighted by Crippen LogP contribution is 2.25. The van der Waals surface area contributed by atoms with E-state index in [9.17, 15) is 14.4 Å². The van der Waals surface area contributed by atoms with E-state index in [2.05, 4.69) is 21.0 Å². The molecule has 0 spiro atoms. The molecule has 1 atom stereocenters. The number of carbonyl (C=O) groups is 3. The van der Waals surface area contributed by atoms with Crippen molar-refractivity contribution < 1.29 is 14.4 Å². The Morgan fingerprint density at radius 1 is 1.07 bits per heavy atom. The molecule has 0 bridgehead atoms. The Labute approximate surface area is 173 Å². The number of nitrogens with one attached hydrogen (secondary N) is 3. The smallest absolute Gasteiger partial charge is 0.287 e. The van der Waals surface area contributed by atoms with Crippen molar-refractivity contribution in [1.29, 1.82) is 0 Å². The Morgan fingerprint density at radius 3 is 2.53 bits per heavy atom. The second kappa shape index (κ2) is 8.20. The van der Waals surface area contributed by atoms with Gasteiger partial charge in [-0.1, -0.05) is 48.0 Å². The van der Waals surface area contributed by atoms with E-state index in [0.717, 1.165) is 16.8 Å². The first kappa shape index (κ1) is 19.4. The summed E-state index contributed by atoms with van der Waals surface area (Å²) in [6, 6.07) is 18.6. The van der Waals surface area contributed by atoms with Crippen molar-refractivity contribution >= 4 is 23.4 Å². The molecule has 0 aliphatic carbocycles. The van der Waals surface area contributed by atoms with Gasteiger partial charge in [0.15, 0.2) is 0 Å². The standard InChI is InChI=1S/C22H21N5O3/c1-14-7-9-17(10-8-14)27-13-16(11-20(27)28)21(29)25-26-22(30)19-12-18(23-24-19)15-5-3-2-4-6-15/h2-10,12,16H,11,13H2,1H3,(H,23,24)(H,25,29)(H,26,30). The molecule has 8 heteroatoms. The van der Waals surface area contributed by atoms with Crippen LogP contribution in [0.4, 0.5) is 5.69 Å². The Balaban J connectivity index is 1.33. The number of anilines is 1. The maximum Gasteiger partial charge on any atom is 0.287 e. The van der Waals surface area contributed by atoms with Crippen LogP contribution in [0.1, 0.15) is 22.5 Å². The lowest BCUT2D eigenvalue weighted by Gasteiger charge is -2.17. The third-order valence-electron chi connectivity index (χ3n) is 5.03. The van der Waals surface area contributed by atoms with Gasteiger partial charge in [0.25, 0.3) is 5.91 Å². The van der Waals surface area contributed by atoms with E-state index in [1.54, 1.807) is 11.0 Å². The minimum absolute atomic E-state index is 0.0950. The van der Waals surface area contributed by atoms with Crippen molar-refractivity contribution in [1.82, 2.24) is 21.0 Å². The van der Waals surface area contributed by atoms with Crippen LogP contribution < -0.4 is 15.8 Å². The minimum Gasteiger partial charge on any atom is -0.312 e. The molecule has 8 nitrogen and oxygen atoms in total. The zero-order valence-electron chi connectivity index (χ0n) is 16.4. The lowest BCUT2D eigenvalue weighted by Crippen LogP contribution is -2.45. The van der Waals surface area contributed by atoms with E-state index in [1.807, 2.05) is 61.5 Å². The fourth-order valence-electron chi connectivity index (χ4n) is 3.34. The number of nitrogens with zero attached hydrogens (tertiary/aromatic N) is 2. The first-order valence-electron chi connectivity index (χ1n) is 9.59. The summed E-state index contributed by atoms with van der Waals surface area (Å²) in [7, 11) is 0. The first-order chi connectivity index (χ1) is 14.5. The van der Waals surface area contributed by atoms with Gasteiger partial charge in [-0.25, -0.2) is 0 Å². The minimum atomic E-state index is -0.541. The normalized spacial score (nSPS) is 15.8. The zero-order chi connectivity index (χ0) is 21.1. The molecule has 3 N–H and O–H groups in total. The summed E-state index contributed by atoms with van der Waals surface area (Å²) in [6.45, 7) is 2.24. The predicted octanol–water partition coefficient (Wildman–Crippen LogP) is 2.20. The van der Waals surface area contributed by atoms with Crippen molar-refractivity contribution in [2.75, 3.05) is 11.4 Å². The second-order valence-electron chi connectivity index (χ2n) is 7.22. The van der Waals surface area contributed by atoms with Crippen LogP contribution in [0, 0.1) is 12.8 Å². The van der Waals surface area contributed by atoms with E-state index < -0.39 is 17.7 Å². The number of H-pyrrole nitrogens is 1. The summed E-state index contributed by atoms with van der Waals surface area (Å²) < 4.78 is 0. The lowest BCUT2D eigenvalue weighted by molar-refractivity contribution is -0.126. The number of hydrogen-bond acceptors (Lipinski definition) is 4. The van der Waals surface area contributed by atoms with Crippen molar-refractivity contribution in [2.45, 2.75) is 13.3 Å². The van der Waals surface area contributed by atoms with Crippen LogP contribution in [0.2, 0.25) is 0 Å². The molecule has 152 valence electrons. The molecule has 1 unspecified atom stereocenters. The van der Waals surface area contributed by atoms with Crippen molar-refractivity contribution in [2.24, 2.45) is 5.92 Å². The Kier molecular flexibility index (Phi) is 5.30. The molecule has 30 heavy (non-hydrogen) atoms. The Morgan fingerprint density at radius 2 is 1.80 bits per heavy atom. The monoisotopic (exact) mass is 403 g/mol. The van der Waals surface area contributed by atoms with Crippen LogP contribution in [0.5, 0.6) is 0 Å². The van der Waals surface area contributed by atoms with Gasteiger partial charge in [-0.05, 0) is 25.1 Å². The van der Waals surface area contributed by atoms with E-state index in [1.165, 1.54) is 0 Å². The van der Waals surface area contributed by atoms with Crippen LogP contribution in [0.15, 0.2) is 60.7 Å². The molecule has 1 aliphatic heterocycles. The molecule has 2 aromatic carbocycles. The molecule has 0 radical (unpaired) electrons. The number of hydrogen-bond donors (Lipinski definition) is 3. The van der Waals surface area contributed by atoms with Gasteiger partial charge in [0.1, 0.15) is 5.69 Å². The van der Waals surface area contributed by atoms with E-state index in [-0.39, 0.29) is 24.6 Å². The average molecular weight is 403 g/mol. The fourth-order valence-corrected chi connectivity index (χ4v) is 3.34. The number of amides is 3. The van der Waals surface area contributed by atoms with Gasteiger partial charge in [-0.3, -0.25) is 30.3 Å². The summed E-state index contributed by atoms with van der Waals surface area (Å²) in [4.78, 5) is 38.7. The summed E-state index contributed by atoms with van der Waals surface area (Å²) in [6.07, 6.45) is 0.0950. The summed E-state index contributed by atoms with van der Waals surface area (Å²) in [5.41, 5.74) is 8.36. The van der Waals surface area contributed by atoms with Gasteiger partial charge in [-0.2, -0.15) is 5.10 Å². The Hall–Kier alpha value is -3.94. The van der Waals surface area contributed by atoms with Crippen LogP contribution >= 0.6 is 0 Å². The topological polar surface area (TPSA) is 107 Å². The summed E-state index contributed by atoms with van der Waals surface area (Å²) >= 11 is 0. The third-order valence-corrected chi connectivity index (χ3v) is 5.03. The van der Waals surface area contributed by atoms with E-state index in [0.29, 0.717) is 5.69 Å². The van der Waals surface area contributed by atoms with Gasteiger partial charge in [0.05, 0.1) is 11.6 Å². The fraction of sp³-hybridized carbons (Fsp3) is 0.182. The number of carbonyl (C=O) groups excluding carboxylic acids is 3. The largest absolute Gasteiger partial charge is 0.312 e. The van der Waals surface area contributed by atoms with Gasteiger partial charge < -0.3 is 4.90 Å². The molecular weight excluding hydrogens is 382 g/mol. The molecule has 2 heterocycles. The Bertz CT molecular complexity index is 1080. The van der Waals surface area contributed by atoms with Crippen LogP contribution in [0.3, 0.4) is 0 Å². The molecule has 1 fully saturated rings. The lowest BCUT2D eigenvalue weighted by atomic mass is 10.1. The predicted molar refractivity (Wildman–Crippen MR) is 111 cm³/mol. The number of aromatic amines is 1. The molecule has 4 rings (SSSR count).